The molecule has 0 aliphatic heterocycles. The minimum absolute atomic E-state index is 0.264. The fourth-order valence-electron chi connectivity index (χ4n) is 2.92. The van der Waals surface area contributed by atoms with Crippen molar-refractivity contribution in [3.05, 3.63) is 39.7 Å². The van der Waals surface area contributed by atoms with Gasteiger partial charge in [0, 0.05) is 17.0 Å². The van der Waals surface area contributed by atoms with Gasteiger partial charge in [0.2, 0.25) is 0 Å². The number of carbonyl (C=O) groups is 1. The molecule has 0 saturated heterocycles. The summed E-state index contributed by atoms with van der Waals surface area (Å²) < 4.78 is 15.6. The molecule has 0 saturated carbocycles. The van der Waals surface area contributed by atoms with E-state index < -0.39 is 12.1 Å². The van der Waals surface area contributed by atoms with Crippen molar-refractivity contribution in [2.24, 2.45) is 0 Å². The lowest BCUT2D eigenvalue weighted by atomic mass is 9.91. The van der Waals surface area contributed by atoms with Crippen molar-refractivity contribution >= 4 is 16.9 Å². The lowest BCUT2D eigenvalue weighted by Crippen LogP contribution is -2.24. The second kappa shape index (κ2) is 5.83. The van der Waals surface area contributed by atoms with E-state index in [1.807, 2.05) is 6.07 Å². The van der Waals surface area contributed by atoms with Crippen molar-refractivity contribution in [2.45, 2.75) is 38.7 Å². The van der Waals surface area contributed by atoms with E-state index in [0.29, 0.717) is 11.3 Å². The Bertz CT molecular complexity index is 774. The minimum atomic E-state index is -0.716. The summed E-state index contributed by atoms with van der Waals surface area (Å²) in [5.74, 6) is 0.0244. The van der Waals surface area contributed by atoms with Gasteiger partial charge < -0.3 is 13.9 Å². The van der Waals surface area contributed by atoms with E-state index in [0.717, 1.165) is 42.2 Å². The number of hydrogen-bond donors (Lipinski definition) is 0. The highest BCUT2D eigenvalue weighted by molar-refractivity contribution is 5.83. The number of fused-ring (bicyclic) bond motifs is 3. The van der Waals surface area contributed by atoms with Gasteiger partial charge in [-0.2, -0.15) is 0 Å². The normalized spacial score (nSPS) is 15.2. The molecule has 1 aromatic heterocycles. The van der Waals surface area contributed by atoms with Crippen molar-refractivity contribution in [1.29, 1.82) is 0 Å². The zero-order chi connectivity index (χ0) is 15.7. The third-order valence-corrected chi connectivity index (χ3v) is 4.04. The summed E-state index contributed by atoms with van der Waals surface area (Å²) in [6.45, 7) is 1.61. The average Bonchev–Trinajstić information content (AvgIpc) is 2.54. The molecule has 0 spiro atoms. The predicted octanol–water partition coefficient (Wildman–Crippen LogP) is 2.61. The minimum Gasteiger partial charge on any atom is -0.479 e. The Labute approximate surface area is 127 Å². The molecule has 0 amide bonds. The topological polar surface area (TPSA) is 65.7 Å². The molecule has 0 fully saturated rings. The second-order valence-electron chi connectivity index (χ2n) is 5.49. The van der Waals surface area contributed by atoms with Crippen molar-refractivity contribution in [1.82, 2.24) is 0 Å². The number of hydrogen-bond acceptors (Lipinski definition) is 5. The highest BCUT2D eigenvalue weighted by Gasteiger charge is 2.19. The largest absolute Gasteiger partial charge is 0.479 e. The fraction of sp³-hybridized carbons (Fsp3) is 0.412. The summed E-state index contributed by atoms with van der Waals surface area (Å²) in [6.07, 6.45) is 3.08. The standard InChI is InChI=1S/C17H18O5/c1-10(16(18)20-2)21-11-7-8-13-12-5-3-4-6-14(12)17(19)22-15(13)9-11/h7-10H,3-6H2,1-2H3/t10-/m0/s1. The van der Waals surface area contributed by atoms with E-state index in [2.05, 4.69) is 4.74 Å². The van der Waals surface area contributed by atoms with E-state index >= 15 is 0 Å². The van der Waals surface area contributed by atoms with Crippen LogP contribution >= 0.6 is 0 Å². The van der Waals surface area contributed by atoms with E-state index in [-0.39, 0.29) is 5.63 Å². The molecule has 2 aromatic rings. The maximum atomic E-state index is 12.1. The van der Waals surface area contributed by atoms with Gasteiger partial charge in [-0.25, -0.2) is 9.59 Å². The van der Waals surface area contributed by atoms with Crippen molar-refractivity contribution in [2.75, 3.05) is 7.11 Å². The van der Waals surface area contributed by atoms with Crippen LogP contribution in [-0.2, 0) is 22.4 Å². The van der Waals surface area contributed by atoms with Gasteiger partial charge in [0.25, 0.3) is 0 Å². The smallest absolute Gasteiger partial charge is 0.346 e. The highest BCUT2D eigenvalue weighted by atomic mass is 16.6. The van der Waals surface area contributed by atoms with Crippen LogP contribution in [0.25, 0.3) is 11.0 Å². The third-order valence-electron chi connectivity index (χ3n) is 4.04. The molecule has 3 rings (SSSR count). The molecule has 1 aromatic carbocycles. The molecule has 5 nitrogen and oxygen atoms in total. The number of ether oxygens (including phenoxy) is 2. The Balaban J connectivity index is 2.00. The molecule has 1 aliphatic carbocycles. The first-order valence-corrected chi connectivity index (χ1v) is 7.43. The number of carbonyl (C=O) groups excluding carboxylic acids is 1. The molecular formula is C17H18O5. The SMILES string of the molecule is COC(=O)[C@H](C)Oc1ccc2c3c(c(=O)oc2c1)CCCC3. The molecule has 116 valence electrons. The van der Waals surface area contributed by atoms with E-state index in [1.165, 1.54) is 7.11 Å². The number of aryl methyl sites for hydroxylation is 1. The van der Waals surface area contributed by atoms with Crippen molar-refractivity contribution < 1.29 is 18.7 Å². The first kappa shape index (κ1) is 14.6. The number of esters is 1. The highest BCUT2D eigenvalue weighted by Crippen LogP contribution is 2.29. The molecule has 1 atom stereocenters. The maximum absolute atomic E-state index is 12.1. The van der Waals surface area contributed by atoms with E-state index in [4.69, 9.17) is 9.15 Å². The van der Waals surface area contributed by atoms with Crippen molar-refractivity contribution in [3.8, 4) is 5.75 Å². The quantitative estimate of drug-likeness (QED) is 0.644. The monoisotopic (exact) mass is 302 g/mol. The third kappa shape index (κ3) is 2.58. The summed E-state index contributed by atoms with van der Waals surface area (Å²) in [5.41, 5.74) is 2.13. The van der Waals surface area contributed by atoms with Gasteiger partial charge in [0.05, 0.1) is 7.11 Å². The van der Waals surface area contributed by atoms with Crippen LogP contribution < -0.4 is 10.4 Å². The molecular weight excluding hydrogens is 284 g/mol. The Morgan fingerprint density at radius 2 is 1.95 bits per heavy atom. The van der Waals surface area contributed by atoms with Crippen molar-refractivity contribution in [3.63, 3.8) is 0 Å². The molecule has 0 unspecified atom stereocenters. The van der Waals surface area contributed by atoms with Crippen LogP contribution in [-0.4, -0.2) is 19.2 Å². The zero-order valence-corrected chi connectivity index (χ0v) is 12.7. The number of rotatable bonds is 3. The van der Waals surface area contributed by atoms with E-state index in [9.17, 15) is 9.59 Å². The van der Waals surface area contributed by atoms with Gasteiger partial charge in [0.15, 0.2) is 6.10 Å². The first-order chi connectivity index (χ1) is 10.6. The van der Waals surface area contributed by atoms with Crippen LogP contribution in [0, 0.1) is 0 Å². The Hall–Kier alpha value is -2.30. The fourth-order valence-corrected chi connectivity index (χ4v) is 2.92. The Morgan fingerprint density at radius 1 is 1.23 bits per heavy atom. The van der Waals surface area contributed by atoms with Gasteiger partial charge in [0.1, 0.15) is 11.3 Å². The van der Waals surface area contributed by atoms with Crippen LogP contribution in [0.4, 0.5) is 0 Å². The predicted molar refractivity (Wildman–Crippen MR) is 81.2 cm³/mol. The van der Waals surface area contributed by atoms with Gasteiger partial charge in [-0.1, -0.05) is 0 Å². The Morgan fingerprint density at radius 3 is 2.68 bits per heavy atom. The molecule has 1 aliphatic rings. The van der Waals surface area contributed by atoms with Gasteiger partial charge in [-0.3, -0.25) is 0 Å². The molecule has 0 radical (unpaired) electrons. The summed E-state index contributed by atoms with van der Waals surface area (Å²) in [4.78, 5) is 23.5. The number of methoxy groups -OCH3 is 1. The molecule has 1 heterocycles. The van der Waals surface area contributed by atoms with Crippen LogP contribution in [0.15, 0.2) is 27.4 Å². The van der Waals surface area contributed by atoms with Gasteiger partial charge in [-0.05, 0) is 50.3 Å². The molecule has 0 N–H and O–H groups in total. The van der Waals surface area contributed by atoms with Crippen LogP contribution in [0.2, 0.25) is 0 Å². The maximum Gasteiger partial charge on any atom is 0.346 e. The molecule has 0 bridgehead atoms. The zero-order valence-electron chi connectivity index (χ0n) is 12.7. The van der Waals surface area contributed by atoms with E-state index in [1.54, 1.807) is 19.1 Å². The van der Waals surface area contributed by atoms with Crippen LogP contribution in [0.3, 0.4) is 0 Å². The Kier molecular flexibility index (Phi) is 3.88. The number of benzene rings is 1. The molecule has 22 heavy (non-hydrogen) atoms. The molecule has 5 heteroatoms. The van der Waals surface area contributed by atoms with Gasteiger partial charge >= 0.3 is 11.6 Å². The summed E-state index contributed by atoms with van der Waals surface area (Å²) in [5, 5.41) is 0.951. The second-order valence-corrected chi connectivity index (χ2v) is 5.49. The lowest BCUT2D eigenvalue weighted by Gasteiger charge is -2.17. The summed E-state index contributed by atoms with van der Waals surface area (Å²) in [7, 11) is 1.31. The lowest BCUT2D eigenvalue weighted by molar-refractivity contribution is -0.147. The summed E-state index contributed by atoms with van der Waals surface area (Å²) in [6, 6.07) is 5.34. The van der Waals surface area contributed by atoms with Crippen LogP contribution in [0.5, 0.6) is 5.75 Å². The summed E-state index contributed by atoms with van der Waals surface area (Å²) >= 11 is 0. The van der Waals surface area contributed by atoms with Gasteiger partial charge in [-0.15, -0.1) is 0 Å². The van der Waals surface area contributed by atoms with Crippen LogP contribution in [0.1, 0.15) is 30.9 Å². The average molecular weight is 302 g/mol. The first-order valence-electron chi connectivity index (χ1n) is 7.43.